The van der Waals surface area contributed by atoms with Gasteiger partial charge in [0.15, 0.2) is 0 Å². The molecule has 1 aromatic rings. The summed E-state index contributed by atoms with van der Waals surface area (Å²) in [6.07, 6.45) is 18.7. The quantitative estimate of drug-likeness (QED) is 0.308. The molecule has 0 aliphatic carbocycles. The predicted octanol–water partition coefficient (Wildman–Crippen LogP) is 7.29. The van der Waals surface area contributed by atoms with Crippen molar-refractivity contribution in [2.75, 3.05) is 12.4 Å². The molecule has 0 atom stereocenters. The van der Waals surface area contributed by atoms with Gasteiger partial charge in [0.1, 0.15) is 5.75 Å². The Morgan fingerprint density at radius 1 is 0.852 bits per heavy atom. The first-order chi connectivity index (χ1) is 13.2. The summed E-state index contributed by atoms with van der Waals surface area (Å²) in [6, 6.07) is 5.89. The Bertz CT molecular complexity index is 513. The fourth-order valence-electron chi connectivity index (χ4n) is 3.55. The molecule has 3 heteroatoms. The molecule has 154 valence electrons. The molecule has 0 spiro atoms. The Balaban J connectivity index is 2.10. The summed E-state index contributed by atoms with van der Waals surface area (Å²) in [4.78, 5) is 11.4. The number of benzene rings is 1. The van der Waals surface area contributed by atoms with Crippen molar-refractivity contribution in [1.82, 2.24) is 0 Å². The number of carbonyl (C=O) groups is 1. The van der Waals surface area contributed by atoms with Crippen LogP contribution in [0.25, 0.3) is 0 Å². The largest absolute Gasteiger partial charge is 0.497 e. The standard InChI is InChI=1S/C24H41NO2/c1-4-5-6-7-8-9-10-11-12-13-14-15-16-17-22-20-23(27-3)18-19-24(22)25-21(2)26/h18-20H,4-17H2,1-3H3,(H,25,26). The van der Waals surface area contributed by atoms with Gasteiger partial charge in [-0.05, 0) is 36.6 Å². The van der Waals surface area contributed by atoms with E-state index >= 15 is 0 Å². The van der Waals surface area contributed by atoms with Crippen LogP contribution in [-0.2, 0) is 11.2 Å². The van der Waals surface area contributed by atoms with Crippen molar-refractivity contribution in [1.29, 1.82) is 0 Å². The SMILES string of the molecule is CCCCCCCCCCCCCCCc1cc(OC)ccc1NC(C)=O. The minimum Gasteiger partial charge on any atom is -0.497 e. The molecule has 0 aliphatic heterocycles. The molecular weight excluding hydrogens is 334 g/mol. The third-order valence-corrected chi connectivity index (χ3v) is 5.17. The highest BCUT2D eigenvalue weighted by atomic mass is 16.5. The summed E-state index contributed by atoms with van der Waals surface area (Å²) in [7, 11) is 1.68. The molecule has 3 nitrogen and oxygen atoms in total. The molecule has 1 rings (SSSR count). The van der Waals surface area contributed by atoms with E-state index in [1.54, 1.807) is 14.0 Å². The summed E-state index contributed by atoms with van der Waals surface area (Å²) in [5.41, 5.74) is 2.09. The van der Waals surface area contributed by atoms with Gasteiger partial charge in [-0.1, -0.05) is 84.0 Å². The molecule has 1 aromatic carbocycles. The predicted molar refractivity (Wildman–Crippen MR) is 117 cm³/mol. The number of rotatable bonds is 16. The maximum absolute atomic E-state index is 11.4. The van der Waals surface area contributed by atoms with Gasteiger partial charge in [-0.3, -0.25) is 4.79 Å². The van der Waals surface area contributed by atoms with Gasteiger partial charge in [0.05, 0.1) is 7.11 Å². The van der Waals surface area contributed by atoms with Crippen LogP contribution in [0.4, 0.5) is 5.69 Å². The van der Waals surface area contributed by atoms with Crippen LogP contribution in [-0.4, -0.2) is 13.0 Å². The number of anilines is 1. The van der Waals surface area contributed by atoms with E-state index in [1.807, 2.05) is 18.2 Å². The zero-order valence-electron chi connectivity index (χ0n) is 17.9. The van der Waals surface area contributed by atoms with Gasteiger partial charge < -0.3 is 10.1 Å². The summed E-state index contributed by atoms with van der Waals surface area (Å²) >= 11 is 0. The summed E-state index contributed by atoms with van der Waals surface area (Å²) in [6.45, 7) is 3.83. The number of carbonyl (C=O) groups excluding carboxylic acids is 1. The van der Waals surface area contributed by atoms with Gasteiger partial charge in [-0.15, -0.1) is 0 Å². The van der Waals surface area contributed by atoms with E-state index in [0.29, 0.717) is 0 Å². The molecule has 0 saturated heterocycles. The highest BCUT2D eigenvalue weighted by Gasteiger charge is 2.06. The molecule has 27 heavy (non-hydrogen) atoms. The molecule has 0 radical (unpaired) electrons. The minimum absolute atomic E-state index is 0.0215. The summed E-state index contributed by atoms with van der Waals surface area (Å²) < 4.78 is 5.32. The van der Waals surface area contributed by atoms with Gasteiger partial charge in [0, 0.05) is 12.6 Å². The van der Waals surface area contributed by atoms with Gasteiger partial charge in [0.2, 0.25) is 5.91 Å². The average Bonchev–Trinajstić information content (AvgIpc) is 2.66. The van der Waals surface area contributed by atoms with Crippen LogP contribution in [0.1, 0.15) is 103 Å². The van der Waals surface area contributed by atoms with Crippen LogP contribution in [0.2, 0.25) is 0 Å². The lowest BCUT2D eigenvalue weighted by Gasteiger charge is -2.12. The number of hydrogen-bond acceptors (Lipinski definition) is 2. The van der Waals surface area contributed by atoms with E-state index in [4.69, 9.17) is 4.74 Å². The smallest absolute Gasteiger partial charge is 0.221 e. The lowest BCUT2D eigenvalue weighted by atomic mass is 10.0. The fourth-order valence-corrected chi connectivity index (χ4v) is 3.55. The monoisotopic (exact) mass is 375 g/mol. The van der Waals surface area contributed by atoms with Gasteiger partial charge in [-0.25, -0.2) is 0 Å². The molecule has 0 unspecified atom stereocenters. The maximum atomic E-state index is 11.4. The highest BCUT2D eigenvalue weighted by Crippen LogP contribution is 2.24. The van der Waals surface area contributed by atoms with Crippen molar-refractivity contribution >= 4 is 11.6 Å². The van der Waals surface area contributed by atoms with Crippen molar-refractivity contribution in [3.8, 4) is 5.75 Å². The number of nitrogens with one attached hydrogen (secondary N) is 1. The Morgan fingerprint density at radius 3 is 1.85 bits per heavy atom. The summed E-state index contributed by atoms with van der Waals surface area (Å²) in [5, 5.41) is 2.93. The van der Waals surface area contributed by atoms with E-state index in [9.17, 15) is 4.79 Å². The number of amides is 1. The number of unbranched alkanes of at least 4 members (excludes halogenated alkanes) is 12. The maximum Gasteiger partial charge on any atom is 0.221 e. The average molecular weight is 376 g/mol. The zero-order valence-corrected chi connectivity index (χ0v) is 17.9. The van der Waals surface area contributed by atoms with Crippen LogP contribution in [0.15, 0.2) is 18.2 Å². The van der Waals surface area contributed by atoms with E-state index in [-0.39, 0.29) is 5.91 Å². The first-order valence-corrected chi connectivity index (χ1v) is 11.1. The molecule has 1 N–H and O–H groups in total. The molecule has 0 fully saturated rings. The molecular formula is C24H41NO2. The zero-order chi connectivity index (χ0) is 19.7. The number of methoxy groups -OCH3 is 1. The third kappa shape index (κ3) is 11.7. The number of hydrogen-bond donors (Lipinski definition) is 1. The third-order valence-electron chi connectivity index (χ3n) is 5.17. The molecule has 0 saturated carbocycles. The van der Waals surface area contributed by atoms with Crippen molar-refractivity contribution in [2.24, 2.45) is 0 Å². The van der Waals surface area contributed by atoms with Crippen LogP contribution in [0.3, 0.4) is 0 Å². The van der Waals surface area contributed by atoms with Gasteiger partial charge in [-0.2, -0.15) is 0 Å². The van der Waals surface area contributed by atoms with Crippen molar-refractivity contribution in [3.05, 3.63) is 23.8 Å². The van der Waals surface area contributed by atoms with Crippen molar-refractivity contribution in [2.45, 2.75) is 104 Å². The molecule has 1 amide bonds. The second-order valence-electron chi connectivity index (χ2n) is 7.70. The Morgan fingerprint density at radius 2 is 1.37 bits per heavy atom. The second-order valence-corrected chi connectivity index (χ2v) is 7.70. The lowest BCUT2D eigenvalue weighted by molar-refractivity contribution is -0.114. The van der Waals surface area contributed by atoms with Crippen molar-refractivity contribution in [3.63, 3.8) is 0 Å². The van der Waals surface area contributed by atoms with Crippen LogP contribution in [0.5, 0.6) is 5.75 Å². The fraction of sp³-hybridized carbons (Fsp3) is 0.708. The number of aryl methyl sites for hydroxylation is 1. The highest BCUT2D eigenvalue weighted by molar-refractivity contribution is 5.89. The topological polar surface area (TPSA) is 38.3 Å². The van der Waals surface area contributed by atoms with Crippen molar-refractivity contribution < 1.29 is 9.53 Å². The second kappa shape index (κ2) is 15.5. The lowest BCUT2D eigenvalue weighted by Crippen LogP contribution is -2.08. The Labute approximate surface area is 167 Å². The van der Waals surface area contributed by atoms with E-state index in [0.717, 1.165) is 24.3 Å². The van der Waals surface area contributed by atoms with E-state index in [2.05, 4.69) is 12.2 Å². The van der Waals surface area contributed by atoms with Crippen LogP contribution in [0, 0.1) is 0 Å². The molecule has 0 aliphatic rings. The van der Waals surface area contributed by atoms with Gasteiger partial charge in [0.25, 0.3) is 0 Å². The molecule has 0 heterocycles. The van der Waals surface area contributed by atoms with E-state index < -0.39 is 0 Å². The first-order valence-electron chi connectivity index (χ1n) is 11.1. The Hall–Kier alpha value is -1.51. The Kier molecular flexibility index (Phi) is 13.5. The van der Waals surface area contributed by atoms with E-state index in [1.165, 1.54) is 82.6 Å². The number of ether oxygens (including phenoxy) is 1. The molecule has 0 aromatic heterocycles. The van der Waals surface area contributed by atoms with Gasteiger partial charge >= 0.3 is 0 Å². The summed E-state index contributed by atoms with van der Waals surface area (Å²) in [5.74, 6) is 0.834. The van der Waals surface area contributed by atoms with Crippen LogP contribution >= 0.6 is 0 Å². The first kappa shape index (κ1) is 23.5. The normalized spacial score (nSPS) is 10.8. The van der Waals surface area contributed by atoms with Crippen LogP contribution < -0.4 is 10.1 Å². The minimum atomic E-state index is -0.0215. The molecule has 0 bridgehead atoms.